The van der Waals surface area contributed by atoms with E-state index in [0.29, 0.717) is 24.5 Å². The van der Waals surface area contributed by atoms with Gasteiger partial charge in [0.25, 0.3) is 0 Å². The van der Waals surface area contributed by atoms with E-state index < -0.39 is 0 Å². The van der Waals surface area contributed by atoms with Crippen LogP contribution in [0.4, 0.5) is 0 Å². The van der Waals surface area contributed by atoms with Crippen LogP contribution in [0.5, 0.6) is 0 Å². The Bertz CT molecular complexity index is 395. The normalized spacial score (nSPS) is 16.5. The van der Waals surface area contributed by atoms with E-state index in [-0.39, 0.29) is 17.5 Å². The third-order valence-corrected chi connectivity index (χ3v) is 3.58. The Labute approximate surface area is 125 Å². The van der Waals surface area contributed by atoms with E-state index >= 15 is 0 Å². The van der Waals surface area contributed by atoms with E-state index in [9.17, 15) is 4.91 Å². The van der Waals surface area contributed by atoms with E-state index in [2.05, 4.69) is 20.9 Å². The van der Waals surface area contributed by atoms with Gasteiger partial charge in [-0.3, -0.25) is 5.01 Å². The average Bonchev–Trinajstić information content (AvgIpc) is 2.47. The van der Waals surface area contributed by atoms with Crippen molar-refractivity contribution in [2.45, 2.75) is 53.6 Å². The average molecular weight is 301 g/mol. The summed E-state index contributed by atoms with van der Waals surface area (Å²) in [5, 5.41) is 31.4. The van der Waals surface area contributed by atoms with Gasteiger partial charge in [0.15, 0.2) is 0 Å². The van der Waals surface area contributed by atoms with E-state index in [1.54, 1.807) is 20.8 Å². The van der Waals surface area contributed by atoms with Crippen molar-refractivity contribution in [2.24, 2.45) is 21.0 Å². The van der Waals surface area contributed by atoms with Crippen LogP contribution in [0.25, 0.3) is 0 Å². The van der Waals surface area contributed by atoms with Gasteiger partial charge >= 0.3 is 0 Å². The molecule has 122 valence electrons. The predicted molar refractivity (Wildman–Crippen MR) is 83.0 cm³/mol. The topological polar surface area (TPSA) is 110 Å². The lowest BCUT2D eigenvalue weighted by Gasteiger charge is -2.33. The minimum absolute atomic E-state index is 0.0647. The molecule has 2 atom stereocenters. The number of rotatable bonds is 9. The van der Waals surface area contributed by atoms with Crippen LogP contribution in [0.1, 0.15) is 41.5 Å². The lowest BCUT2D eigenvalue weighted by atomic mass is 9.92. The second-order valence-corrected chi connectivity index (χ2v) is 6.10. The van der Waals surface area contributed by atoms with Crippen LogP contribution in [0.2, 0.25) is 0 Å². The zero-order chi connectivity index (χ0) is 16.6. The predicted octanol–water partition coefficient (Wildman–Crippen LogP) is 2.06. The molecule has 0 spiro atoms. The van der Waals surface area contributed by atoms with Gasteiger partial charge in [-0.25, -0.2) is 0 Å². The van der Waals surface area contributed by atoms with Crippen molar-refractivity contribution in [3.63, 3.8) is 0 Å². The van der Waals surface area contributed by atoms with Crippen LogP contribution in [0.15, 0.2) is 15.6 Å². The molecular weight excluding hydrogens is 274 g/mol. The highest BCUT2D eigenvalue weighted by Gasteiger charge is 2.27. The minimum Gasteiger partial charge on any atom is -0.411 e. The van der Waals surface area contributed by atoms with Gasteiger partial charge in [-0.1, -0.05) is 24.2 Å². The summed E-state index contributed by atoms with van der Waals surface area (Å²) < 4.78 is 0. The standard InChI is InChI=1S/C13H27N5O3/c1-9(10(2)15-19)14-7-13(5,6)8-18(17-21)12(4)11(3)16-20/h9,12,14,19-20H,7-8H2,1-6H3/b15-10+,16-11+/t9-,12-/m1/s1. The first-order valence-corrected chi connectivity index (χ1v) is 6.89. The molecular formula is C13H27N5O3. The van der Waals surface area contributed by atoms with Crippen molar-refractivity contribution in [1.82, 2.24) is 10.3 Å². The number of nitroso groups, excluding NO2 is 1. The molecule has 0 radical (unpaired) electrons. The first-order valence-electron chi connectivity index (χ1n) is 6.89. The fraction of sp³-hybridized carbons (Fsp3) is 0.846. The molecule has 0 aliphatic heterocycles. The van der Waals surface area contributed by atoms with Gasteiger partial charge in [0.1, 0.15) is 0 Å². The summed E-state index contributed by atoms with van der Waals surface area (Å²) in [7, 11) is 0. The second kappa shape index (κ2) is 8.56. The van der Waals surface area contributed by atoms with Crippen LogP contribution in [-0.4, -0.2) is 52.0 Å². The number of nitrogens with one attached hydrogen (secondary N) is 1. The summed E-state index contributed by atoms with van der Waals surface area (Å²) in [4.78, 5) is 11.0. The van der Waals surface area contributed by atoms with Crippen molar-refractivity contribution in [1.29, 1.82) is 0 Å². The highest BCUT2D eigenvalue weighted by atomic mass is 16.4. The van der Waals surface area contributed by atoms with Gasteiger partial charge in [0, 0.05) is 19.1 Å². The molecule has 0 saturated heterocycles. The summed E-state index contributed by atoms with van der Waals surface area (Å²) in [5.41, 5.74) is 0.768. The lowest BCUT2D eigenvalue weighted by molar-refractivity contribution is 0.160. The Morgan fingerprint density at radius 1 is 1.19 bits per heavy atom. The number of hydrogen-bond acceptors (Lipinski definition) is 7. The molecule has 0 aromatic heterocycles. The Morgan fingerprint density at radius 3 is 2.14 bits per heavy atom. The highest BCUT2D eigenvalue weighted by molar-refractivity contribution is 5.86. The molecule has 0 fully saturated rings. The van der Waals surface area contributed by atoms with E-state index in [4.69, 9.17) is 10.4 Å². The molecule has 0 aromatic carbocycles. The Morgan fingerprint density at radius 2 is 1.71 bits per heavy atom. The van der Waals surface area contributed by atoms with Crippen LogP contribution in [0, 0.1) is 10.3 Å². The fourth-order valence-corrected chi connectivity index (χ4v) is 1.69. The van der Waals surface area contributed by atoms with Gasteiger partial charge in [-0.05, 0) is 33.1 Å². The van der Waals surface area contributed by atoms with E-state index in [1.165, 1.54) is 5.01 Å². The third kappa shape index (κ3) is 6.52. The highest BCUT2D eigenvalue weighted by Crippen LogP contribution is 2.18. The summed E-state index contributed by atoms with van der Waals surface area (Å²) in [6.45, 7) is 12.0. The maximum atomic E-state index is 11.0. The molecule has 0 rings (SSSR count). The zero-order valence-corrected chi connectivity index (χ0v) is 13.7. The Kier molecular flexibility index (Phi) is 7.86. The molecule has 21 heavy (non-hydrogen) atoms. The molecule has 0 bridgehead atoms. The summed E-state index contributed by atoms with van der Waals surface area (Å²) in [5.74, 6) is 0. The van der Waals surface area contributed by atoms with E-state index in [0.717, 1.165) is 0 Å². The molecule has 0 aliphatic carbocycles. The zero-order valence-electron chi connectivity index (χ0n) is 13.7. The summed E-state index contributed by atoms with van der Waals surface area (Å²) in [6.07, 6.45) is 0. The molecule has 8 nitrogen and oxygen atoms in total. The number of oxime groups is 2. The third-order valence-electron chi connectivity index (χ3n) is 3.58. The van der Waals surface area contributed by atoms with Crippen LogP contribution >= 0.6 is 0 Å². The Balaban J connectivity index is 4.66. The van der Waals surface area contributed by atoms with E-state index in [1.807, 2.05) is 20.8 Å². The quantitative estimate of drug-likeness (QED) is 0.261. The molecule has 0 heterocycles. The van der Waals surface area contributed by atoms with Gasteiger partial charge in [-0.2, -0.15) is 0 Å². The SMILES string of the molecule is C/C(=N\O)[C@@H](C)N(CC(C)(C)CN[C@H](C)/C(C)=N/O)N=O. The van der Waals surface area contributed by atoms with Gasteiger partial charge in [-0.15, -0.1) is 4.91 Å². The fourth-order valence-electron chi connectivity index (χ4n) is 1.69. The monoisotopic (exact) mass is 301 g/mol. The molecule has 0 aliphatic rings. The van der Waals surface area contributed by atoms with Crippen molar-refractivity contribution < 1.29 is 10.4 Å². The minimum atomic E-state index is -0.370. The molecule has 0 saturated carbocycles. The van der Waals surface area contributed by atoms with Crippen molar-refractivity contribution >= 4 is 11.4 Å². The Hall–Kier alpha value is -1.70. The molecule has 8 heteroatoms. The first-order chi connectivity index (χ1) is 9.68. The van der Waals surface area contributed by atoms with Gasteiger partial charge in [0.05, 0.1) is 22.8 Å². The molecule has 0 amide bonds. The molecule has 3 N–H and O–H groups in total. The van der Waals surface area contributed by atoms with Gasteiger partial charge < -0.3 is 15.7 Å². The van der Waals surface area contributed by atoms with Crippen molar-refractivity contribution in [3.05, 3.63) is 4.91 Å². The number of nitrogens with zero attached hydrogens (tertiary/aromatic N) is 4. The second-order valence-electron chi connectivity index (χ2n) is 6.10. The number of hydrogen-bond donors (Lipinski definition) is 3. The molecule has 0 aromatic rings. The van der Waals surface area contributed by atoms with Crippen LogP contribution in [0.3, 0.4) is 0 Å². The molecule has 0 unspecified atom stereocenters. The first kappa shape index (κ1) is 19.3. The van der Waals surface area contributed by atoms with Crippen LogP contribution in [-0.2, 0) is 0 Å². The lowest BCUT2D eigenvalue weighted by Crippen LogP contribution is -2.46. The van der Waals surface area contributed by atoms with Gasteiger partial charge in [0.2, 0.25) is 0 Å². The van der Waals surface area contributed by atoms with Crippen LogP contribution < -0.4 is 5.32 Å². The van der Waals surface area contributed by atoms with Crippen molar-refractivity contribution in [3.8, 4) is 0 Å². The maximum Gasteiger partial charge on any atom is 0.0885 e. The summed E-state index contributed by atoms with van der Waals surface area (Å²) >= 11 is 0. The smallest absolute Gasteiger partial charge is 0.0885 e. The maximum absolute atomic E-state index is 11.0. The largest absolute Gasteiger partial charge is 0.411 e. The summed E-state index contributed by atoms with van der Waals surface area (Å²) in [6, 6.07) is -0.435. The van der Waals surface area contributed by atoms with Crippen molar-refractivity contribution in [2.75, 3.05) is 13.1 Å².